The fraction of sp³-hybridized carbons (Fsp3) is 0.167. The fourth-order valence-electron chi connectivity index (χ4n) is 2.84. The Morgan fingerprint density at radius 1 is 1.21 bits per heavy atom. The maximum atomic E-state index is 12.4. The smallest absolute Gasteiger partial charge is 0.278 e. The summed E-state index contributed by atoms with van der Waals surface area (Å²) in [5.41, 5.74) is 1.51. The summed E-state index contributed by atoms with van der Waals surface area (Å²) < 4.78 is 2.84. The lowest BCUT2D eigenvalue weighted by Crippen LogP contribution is -2.10. The molecule has 0 N–H and O–H groups in total. The number of hydrogen-bond acceptors (Lipinski definition) is 3. The maximum absolute atomic E-state index is 12.4. The average molecular weight is 387 g/mol. The molecule has 0 amide bonds. The van der Waals surface area contributed by atoms with Crippen molar-refractivity contribution in [3.63, 3.8) is 0 Å². The molecule has 5 nitrogen and oxygen atoms in total. The van der Waals surface area contributed by atoms with Gasteiger partial charge in [0, 0.05) is 34.8 Å². The fourth-order valence-corrected chi connectivity index (χ4v) is 3.10. The molecule has 1 aromatic heterocycles. The molecule has 0 aliphatic heterocycles. The van der Waals surface area contributed by atoms with E-state index in [0.29, 0.717) is 17.4 Å². The minimum atomic E-state index is -0.385. The lowest BCUT2D eigenvalue weighted by atomic mass is 10.0. The second-order valence-electron chi connectivity index (χ2n) is 5.67. The summed E-state index contributed by atoms with van der Waals surface area (Å²) in [5.74, 6) is 0.0438. The van der Waals surface area contributed by atoms with Crippen molar-refractivity contribution in [1.82, 2.24) is 4.57 Å². The zero-order chi connectivity index (χ0) is 17.3. The van der Waals surface area contributed by atoms with E-state index in [9.17, 15) is 14.9 Å². The van der Waals surface area contributed by atoms with Crippen molar-refractivity contribution in [2.24, 2.45) is 0 Å². The highest BCUT2D eigenvalue weighted by molar-refractivity contribution is 9.10. The number of benzene rings is 2. The summed E-state index contributed by atoms with van der Waals surface area (Å²) in [7, 11) is 0. The number of fused-ring (bicyclic) bond motifs is 1. The number of Topliss-reactive ketones (excluding diaryl/α,β-unsaturated/α-hetero) is 1. The zero-order valence-corrected chi connectivity index (χ0v) is 14.6. The molecule has 0 fully saturated rings. The topological polar surface area (TPSA) is 65.1 Å². The standard InChI is InChI=1S/C18H15BrN2O3/c1-12(11-18(22)13-5-7-14(19)8-6-13)20-10-9-15-16(20)3-2-4-17(15)21(23)24/h2-10,12H,11H2,1H3/t12-/m0/s1. The van der Waals surface area contributed by atoms with E-state index in [-0.39, 0.29) is 22.4 Å². The van der Waals surface area contributed by atoms with E-state index in [2.05, 4.69) is 15.9 Å². The van der Waals surface area contributed by atoms with Gasteiger partial charge in [-0.2, -0.15) is 0 Å². The van der Waals surface area contributed by atoms with E-state index < -0.39 is 0 Å². The first-order valence-corrected chi connectivity index (χ1v) is 8.29. The first-order valence-electron chi connectivity index (χ1n) is 7.50. The molecule has 1 heterocycles. The van der Waals surface area contributed by atoms with Crippen LogP contribution in [0.2, 0.25) is 0 Å². The molecule has 0 spiro atoms. The number of carbonyl (C=O) groups is 1. The van der Waals surface area contributed by atoms with Gasteiger partial charge in [0.15, 0.2) is 5.78 Å². The van der Waals surface area contributed by atoms with E-state index in [0.717, 1.165) is 9.99 Å². The number of nitrogens with zero attached hydrogens (tertiary/aromatic N) is 2. The van der Waals surface area contributed by atoms with Gasteiger partial charge in [-0.1, -0.05) is 34.1 Å². The average Bonchev–Trinajstić information content (AvgIpc) is 2.99. The Balaban J connectivity index is 1.88. The maximum Gasteiger partial charge on any atom is 0.278 e. The van der Waals surface area contributed by atoms with Gasteiger partial charge >= 0.3 is 0 Å². The third kappa shape index (κ3) is 3.10. The van der Waals surface area contributed by atoms with Crippen molar-refractivity contribution >= 4 is 38.3 Å². The van der Waals surface area contributed by atoms with Gasteiger partial charge in [0.25, 0.3) is 5.69 Å². The normalized spacial score (nSPS) is 12.2. The molecule has 2 aromatic carbocycles. The summed E-state index contributed by atoms with van der Waals surface area (Å²) in [4.78, 5) is 23.2. The molecule has 0 saturated carbocycles. The third-order valence-electron chi connectivity index (χ3n) is 4.06. The molecule has 1 atom stereocenters. The summed E-state index contributed by atoms with van der Waals surface area (Å²) in [6.45, 7) is 1.94. The van der Waals surface area contributed by atoms with Gasteiger partial charge < -0.3 is 4.57 Å². The Bertz CT molecular complexity index is 916. The summed E-state index contributed by atoms with van der Waals surface area (Å²) in [6.07, 6.45) is 2.13. The molecular formula is C18H15BrN2O3. The lowest BCUT2D eigenvalue weighted by Gasteiger charge is -2.14. The minimum absolute atomic E-state index is 0.0438. The highest BCUT2D eigenvalue weighted by Gasteiger charge is 2.18. The van der Waals surface area contributed by atoms with Crippen molar-refractivity contribution in [3.8, 4) is 0 Å². The van der Waals surface area contributed by atoms with Gasteiger partial charge in [0.05, 0.1) is 15.8 Å². The molecule has 0 aliphatic rings. The van der Waals surface area contributed by atoms with Gasteiger partial charge in [-0.25, -0.2) is 0 Å². The highest BCUT2D eigenvalue weighted by Crippen LogP contribution is 2.29. The quantitative estimate of drug-likeness (QED) is 0.346. The van der Waals surface area contributed by atoms with Crippen molar-refractivity contribution in [3.05, 3.63) is 74.9 Å². The van der Waals surface area contributed by atoms with Crippen LogP contribution in [0.3, 0.4) is 0 Å². The molecule has 0 radical (unpaired) electrons. The van der Waals surface area contributed by atoms with Crippen molar-refractivity contribution < 1.29 is 9.72 Å². The van der Waals surface area contributed by atoms with Crippen LogP contribution in [0.15, 0.2) is 59.2 Å². The van der Waals surface area contributed by atoms with E-state index >= 15 is 0 Å². The van der Waals surface area contributed by atoms with Crippen LogP contribution in [-0.4, -0.2) is 15.3 Å². The van der Waals surface area contributed by atoms with E-state index in [1.807, 2.05) is 29.7 Å². The summed E-state index contributed by atoms with van der Waals surface area (Å²) in [5, 5.41) is 11.7. The number of nitro groups is 1. The second-order valence-corrected chi connectivity index (χ2v) is 6.59. The van der Waals surface area contributed by atoms with E-state index in [1.54, 1.807) is 30.5 Å². The second kappa shape index (κ2) is 6.57. The Morgan fingerprint density at radius 2 is 1.92 bits per heavy atom. The number of carbonyl (C=O) groups excluding carboxylic acids is 1. The van der Waals surface area contributed by atoms with Crippen LogP contribution in [0, 0.1) is 10.1 Å². The van der Waals surface area contributed by atoms with Crippen molar-refractivity contribution in [2.75, 3.05) is 0 Å². The van der Waals surface area contributed by atoms with Gasteiger partial charge in [-0.15, -0.1) is 0 Å². The minimum Gasteiger partial charge on any atom is -0.344 e. The Labute approximate surface area is 147 Å². The summed E-state index contributed by atoms with van der Waals surface area (Å²) >= 11 is 3.35. The molecule has 6 heteroatoms. The van der Waals surface area contributed by atoms with Gasteiger partial charge in [0.2, 0.25) is 0 Å². The van der Waals surface area contributed by atoms with Gasteiger partial charge in [-0.3, -0.25) is 14.9 Å². The Hall–Kier alpha value is -2.47. The number of nitro benzene ring substituents is 1. The first kappa shape index (κ1) is 16.4. The molecule has 0 unspecified atom stereocenters. The highest BCUT2D eigenvalue weighted by atomic mass is 79.9. The van der Waals surface area contributed by atoms with Crippen LogP contribution in [-0.2, 0) is 0 Å². The lowest BCUT2D eigenvalue weighted by molar-refractivity contribution is -0.383. The monoisotopic (exact) mass is 386 g/mol. The van der Waals surface area contributed by atoms with Gasteiger partial charge in [0.1, 0.15) is 0 Å². The number of non-ortho nitro benzene ring substituents is 1. The molecular weight excluding hydrogens is 372 g/mol. The molecule has 24 heavy (non-hydrogen) atoms. The van der Waals surface area contributed by atoms with Crippen LogP contribution in [0.5, 0.6) is 0 Å². The molecule has 0 bridgehead atoms. The number of hydrogen-bond donors (Lipinski definition) is 0. The molecule has 3 aromatic rings. The van der Waals surface area contributed by atoms with Crippen LogP contribution in [0.1, 0.15) is 29.7 Å². The van der Waals surface area contributed by atoms with Crippen LogP contribution in [0.4, 0.5) is 5.69 Å². The molecule has 0 saturated heterocycles. The SMILES string of the molecule is C[C@@H](CC(=O)c1ccc(Br)cc1)n1ccc2c([N+](=O)[O-])cccc21. The number of rotatable bonds is 5. The van der Waals surface area contributed by atoms with Crippen LogP contribution < -0.4 is 0 Å². The molecule has 3 rings (SSSR count). The van der Waals surface area contributed by atoms with Gasteiger partial charge in [-0.05, 0) is 31.2 Å². The Morgan fingerprint density at radius 3 is 2.58 bits per heavy atom. The summed E-state index contributed by atoms with van der Waals surface area (Å²) in [6, 6.07) is 13.9. The predicted molar refractivity (Wildman–Crippen MR) is 96.4 cm³/mol. The van der Waals surface area contributed by atoms with E-state index in [4.69, 9.17) is 0 Å². The largest absolute Gasteiger partial charge is 0.344 e. The predicted octanol–water partition coefficient (Wildman–Crippen LogP) is 5.15. The van der Waals surface area contributed by atoms with Crippen LogP contribution in [0.25, 0.3) is 10.9 Å². The first-order chi connectivity index (χ1) is 11.5. The zero-order valence-electron chi connectivity index (χ0n) is 13.0. The number of ketones is 1. The van der Waals surface area contributed by atoms with Crippen molar-refractivity contribution in [1.29, 1.82) is 0 Å². The number of aromatic nitrogens is 1. The van der Waals surface area contributed by atoms with Crippen molar-refractivity contribution in [2.45, 2.75) is 19.4 Å². The van der Waals surface area contributed by atoms with Crippen LogP contribution >= 0.6 is 15.9 Å². The molecule has 0 aliphatic carbocycles. The number of halogens is 1. The van der Waals surface area contributed by atoms with E-state index in [1.165, 1.54) is 6.07 Å². The Kier molecular flexibility index (Phi) is 4.49. The third-order valence-corrected chi connectivity index (χ3v) is 4.59. The molecule has 122 valence electrons.